The Balaban J connectivity index is 2.06. The van der Waals surface area contributed by atoms with Crippen LogP contribution in [0.1, 0.15) is 32.1 Å². The minimum Gasteiger partial charge on any atom is -0.317 e. The zero-order chi connectivity index (χ0) is 7.73. The van der Waals surface area contributed by atoms with Gasteiger partial charge in [0.25, 0.3) is 0 Å². The van der Waals surface area contributed by atoms with Gasteiger partial charge >= 0.3 is 0 Å². The summed E-state index contributed by atoms with van der Waals surface area (Å²) in [7, 11) is 0. The van der Waals surface area contributed by atoms with Gasteiger partial charge in [0.2, 0.25) is 0 Å². The number of halogens is 1. The molecule has 1 unspecified atom stereocenters. The van der Waals surface area contributed by atoms with Crippen molar-refractivity contribution in [2.24, 2.45) is 5.41 Å². The third-order valence-electron chi connectivity index (χ3n) is 3.40. The molecule has 1 atom stereocenters. The van der Waals surface area contributed by atoms with Crippen molar-refractivity contribution in [3.05, 3.63) is 0 Å². The lowest BCUT2D eigenvalue weighted by Gasteiger charge is -2.35. The van der Waals surface area contributed by atoms with Crippen LogP contribution in [0.15, 0.2) is 0 Å². The zero-order valence-electron chi connectivity index (χ0n) is 6.91. The van der Waals surface area contributed by atoms with Gasteiger partial charge in [0.05, 0.1) is 0 Å². The van der Waals surface area contributed by atoms with Crippen LogP contribution in [0.4, 0.5) is 4.39 Å². The molecule has 1 saturated carbocycles. The van der Waals surface area contributed by atoms with Gasteiger partial charge in [0, 0.05) is 5.41 Å². The first-order valence-corrected chi connectivity index (χ1v) is 4.68. The highest BCUT2D eigenvalue weighted by molar-refractivity contribution is 4.95. The summed E-state index contributed by atoms with van der Waals surface area (Å²) in [5.41, 5.74) is 0.102. The van der Waals surface area contributed by atoms with Gasteiger partial charge in [-0.3, -0.25) is 0 Å². The topological polar surface area (TPSA) is 12.0 Å². The van der Waals surface area contributed by atoms with Crippen LogP contribution in [-0.2, 0) is 0 Å². The molecule has 2 aliphatic rings. The lowest BCUT2D eigenvalue weighted by molar-refractivity contribution is 0.0984. The van der Waals surface area contributed by atoms with E-state index in [1.165, 1.54) is 0 Å². The molecular formula is C9H16FN. The Labute approximate surface area is 67.4 Å². The van der Waals surface area contributed by atoms with E-state index in [4.69, 9.17) is 0 Å². The molecular weight excluding hydrogens is 141 g/mol. The van der Waals surface area contributed by atoms with E-state index in [1.807, 2.05) is 0 Å². The molecule has 11 heavy (non-hydrogen) atoms. The van der Waals surface area contributed by atoms with Crippen LogP contribution < -0.4 is 5.32 Å². The number of rotatable bonds is 0. The molecule has 1 saturated heterocycles. The van der Waals surface area contributed by atoms with Crippen molar-refractivity contribution in [2.45, 2.75) is 38.3 Å². The predicted octanol–water partition coefficient (Wildman–Crippen LogP) is 1.88. The quantitative estimate of drug-likeness (QED) is 0.566. The lowest BCUT2D eigenvalue weighted by atomic mass is 9.76. The fraction of sp³-hybridized carbons (Fsp3) is 1.00. The standard InChI is InChI=1S/C9H16FN/c10-8-2-1-3-9(8)4-6-11-7-5-9/h8,11H,1-7H2. The van der Waals surface area contributed by atoms with Crippen LogP contribution in [0.2, 0.25) is 0 Å². The summed E-state index contributed by atoms with van der Waals surface area (Å²) < 4.78 is 13.4. The molecule has 1 aliphatic carbocycles. The van der Waals surface area contributed by atoms with Crippen LogP contribution in [0.25, 0.3) is 0 Å². The zero-order valence-corrected chi connectivity index (χ0v) is 6.91. The summed E-state index contributed by atoms with van der Waals surface area (Å²) in [4.78, 5) is 0. The first kappa shape index (κ1) is 7.53. The fourth-order valence-corrected chi connectivity index (χ4v) is 2.58. The summed E-state index contributed by atoms with van der Waals surface area (Å²) in [5.74, 6) is 0. The Morgan fingerprint density at radius 1 is 1.18 bits per heavy atom. The van der Waals surface area contributed by atoms with E-state index in [-0.39, 0.29) is 5.41 Å². The Hall–Kier alpha value is -0.110. The summed E-state index contributed by atoms with van der Waals surface area (Å²) >= 11 is 0. The molecule has 2 rings (SSSR count). The van der Waals surface area contributed by atoms with Crippen LogP contribution in [0.3, 0.4) is 0 Å². The van der Waals surface area contributed by atoms with Crippen molar-refractivity contribution in [3.63, 3.8) is 0 Å². The minimum atomic E-state index is -0.496. The number of nitrogens with one attached hydrogen (secondary N) is 1. The Bertz CT molecular complexity index is 140. The highest BCUT2D eigenvalue weighted by Crippen LogP contribution is 2.46. The van der Waals surface area contributed by atoms with E-state index in [0.717, 1.165) is 45.2 Å². The molecule has 1 heterocycles. The van der Waals surface area contributed by atoms with Gasteiger partial charge in [0.15, 0.2) is 0 Å². The van der Waals surface area contributed by atoms with Crippen molar-refractivity contribution in [1.29, 1.82) is 0 Å². The SMILES string of the molecule is FC1CCCC12CCNCC2. The molecule has 0 aromatic heterocycles. The smallest absolute Gasteiger partial charge is 0.106 e. The van der Waals surface area contributed by atoms with Crippen molar-refractivity contribution in [3.8, 4) is 0 Å². The van der Waals surface area contributed by atoms with Crippen LogP contribution in [0.5, 0.6) is 0 Å². The second-order valence-corrected chi connectivity index (χ2v) is 3.97. The maximum Gasteiger partial charge on any atom is 0.106 e. The number of piperidine rings is 1. The van der Waals surface area contributed by atoms with Crippen molar-refractivity contribution in [2.75, 3.05) is 13.1 Å². The van der Waals surface area contributed by atoms with Gasteiger partial charge in [-0.05, 0) is 45.2 Å². The van der Waals surface area contributed by atoms with Crippen molar-refractivity contribution >= 4 is 0 Å². The Morgan fingerprint density at radius 3 is 2.45 bits per heavy atom. The van der Waals surface area contributed by atoms with Gasteiger partial charge < -0.3 is 5.32 Å². The van der Waals surface area contributed by atoms with Gasteiger partial charge in [-0.1, -0.05) is 0 Å². The molecule has 0 aromatic carbocycles. The molecule has 0 amide bonds. The first-order chi connectivity index (χ1) is 5.33. The normalized spacial score (nSPS) is 36.3. The molecule has 0 radical (unpaired) electrons. The average molecular weight is 157 g/mol. The summed E-state index contributed by atoms with van der Waals surface area (Å²) in [6.45, 7) is 2.06. The van der Waals surface area contributed by atoms with Crippen molar-refractivity contribution in [1.82, 2.24) is 5.32 Å². The third kappa shape index (κ3) is 1.18. The van der Waals surface area contributed by atoms with Gasteiger partial charge in [-0.25, -0.2) is 4.39 Å². The maximum atomic E-state index is 13.4. The summed E-state index contributed by atoms with van der Waals surface area (Å²) in [6.07, 6.45) is 4.70. The van der Waals surface area contributed by atoms with E-state index < -0.39 is 6.17 Å². The number of hydrogen-bond donors (Lipinski definition) is 1. The van der Waals surface area contributed by atoms with E-state index in [9.17, 15) is 4.39 Å². The fourth-order valence-electron chi connectivity index (χ4n) is 2.58. The lowest BCUT2D eigenvalue weighted by Crippen LogP contribution is -2.39. The Kier molecular flexibility index (Phi) is 1.88. The van der Waals surface area contributed by atoms with E-state index in [1.54, 1.807) is 0 Å². The van der Waals surface area contributed by atoms with Crippen molar-refractivity contribution < 1.29 is 4.39 Å². The largest absolute Gasteiger partial charge is 0.317 e. The highest BCUT2D eigenvalue weighted by atomic mass is 19.1. The maximum absolute atomic E-state index is 13.4. The van der Waals surface area contributed by atoms with Gasteiger partial charge in [-0.15, -0.1) is 0 Å². The molecule has 0 aromatic rings. The highest BCUT2D eigenvalue weighted by Gasteiger charge is 2.43. The predicted molar refractivity (Wildman–Crippen MR) is 43.3 cm³/mol. The minimum absolute atomic E-state index is 0.102. The van der Waals surface area contributed by atoms with E-state index >= 15 is 0 Å². The van der Waals surface area contributed by atoms with Gasteiger partial charge in [-0.2, -0.15) is 0 Å². The van der Waals surface area contributed by atoms with Crippen LogP contribution in [0, 0.1) is 5.41 Å². The Morgan fingerprint density at radius 2 is 1.91 bits per heavy atom. The molecule has 1 aliphatic heterocycles. The second-order valence-electron chi connectivity index (χ2n) is 3.97. The van der Waals surface area contributed by atoms with Crippen LogP contribution in [-0.4, -0.2) is 19.3 Å². The molecule has 1 spiro atoms. The van der Waals surface area contributed by atoms with Crippen LogP contribution >= 0.6 is 0 Å². The second kappa shape index (κ2) is 2.74. The molecule has 2 fully saturated rings. The van der Waals surface area contributed by atoms with E-state index in [2.05, 4.69) is 5.32 Å². The first-order valence-electron chi connectivity index (χ1n) is 4.68. The number of hydrogen-bond acceptors (Lipinski definition) is 1. The molecule has 1 nitrogen and oxygen atoms in total. The molecule has 2 heteroatoms. The molecule has 1 N–H and O–H groups in total. The van der Waals surface area contributed by atoms with Gasteiger partial charge in [0.1, 0.15) is 6.17 Å². The van der Waals surface area contributed by atoms with E-state index in [0.29, 0.717) is 0 Å². The summed E-state index contributed by atoms with van der Waals surface area (Å²) in [5, 5.41) is 3.29. The third-order valence-corrected chi connectivity index (χ3v) is 3.40. The average Bonchev–Trinajstić information content (AvgIpc) is 2.36. The molecule has 64 valence electrons. The summed E-state index contributed by atoms with van der Waals surface area (Å²) in [6, 6.07) is 0. The monoisotopic (exact) mass is 157 g/mol. The molecule has 0 bridgehead atoms. The number of alkyl halides is 1.